The molecule has 0 aliphatic carbocycles. The van der Waals surface area contributed by atoms with E-state index in [1.807, 2.05) is 18.3 Å². The summed E-state index contributed by atoms with van der Waals surface area (Å²) in [6, 6.07) is 6.08. The quantitative estimate of drug-likeness (QED) is 0.591. The molecule has 4 rings (SSSR count). The molecule has 0 amide bonds. The van der Waals surface area contributed by atoms with E-state index < -0.39 is 5.97 Å². The Labute approximate surface area is 165 Å². The lowest BCUT2D eigenvalue weighted by molar-refractivity contribution is -0.915. The van der Waals surface area contributed by atoms with Gasteiger partial charge in [0.05, 0.1) is 18.7 Å². The number of anilines is 1. The number of hydrogen-bond acceptors (Lipinski definition) is 6. The number of methoxy groups -OCH3 is 1. The van der Waals surface area contributed by atoms with Gasteiger partial charge in [-0.3, -0.25) is 9.69 Å². The Hall–Kier alpha value is -2.78. The first-order valence-corrected chi connectivity index (χ1v) is 10.0. The van der Waals surface area contributed by atoms with Crippen molar-refractivity contribution in [2.45, 2.75) is 13.5 Å². The number of hydrogen-bond donors (Lipinski definition) is 2. The van der Waals surface area contributed by atoms with Crippen molar-refractivity contribution in [3.63, 3.8) is 0 Å². The number of H-pyrrole nitrogens is 2. The lowest BCUT2D eigenvalue weighted by Crippen LogP contribution is -3.13. The molecule has 0 atom stereocenters. The van der Waals surface area contributed by atoms with Crippen LogP contribution in [0.5, 0.6) is 0 Å². The molecule has 9 heteroatoms. The lowest BCUT2D eigenvalue weighted by atomic mass is 10.2. The molecule has 0 aromatic carbocycles. The van der Waals surface area contributed by atoms with Gasteiger partial charge in [0.1, 0.15) is 42.4 Å². The van der Waals surface area contributed by atoms with Gasteiger partial charge in [0.25, 0.3) is 11.4 Å². The van der Waals surface area contributed by atoms with Crippen LogP contribution in [0.3, 0.4) is 0 Å². The number of ether oxygens (including phenoxy) is 1. The Kier molecular flexibility index (Phi) is 5.10. The molecule has 3 aromatic rings. The van der Waals surface area contributed by atoms with Crippen LogP contribution < -0.4 is 20.3 Å². The smallest absolute Gasteiger partial charge is 0.348 e. The van der Waals surface area contributed by atoms with Crippen molar-refractivity contribution < 1.29 is 19.4 Å². The van der Waals surface area contributed by atoms with Crippen molar-refractivity contribution in [1.29, 1.82) is 0 Å². The maximum atomic E-state index is 12.6. The number of aromatic nitrogens is 3. The zero-order valence-corrected chi connectivity index (χ0v) is 16.7. The first-order chi connectivity index (χ1) is 13.6. The SMILES string of the molecule is COC(=O)c1sc2nc(C[NH+]3CCN(c4cccc[nH+]4)CC3)[nH]c(=O)c2c1C. The van der Waals surface area contributed by atoms with Crippen LogP contribution in [0.25, 0.3) is 10.2 Å². The number of carbonyl (C=O) groups excluding carboxylic acids is 1. The third-order valence-corrected chi connectivity index (χ3v) is 6.31. The summed E-state index contributed by atoms with van der Waals surface area (Å²) in [5.74, 6) is 1.35. The second-order valence-electron chi connectivity index (χ2n) is 6.90. The number of esters is 1. The third kappa shape index (κ3) is 3.50. The highest BCUT2D eigenvalue weighted by molar-refractivity contribution is 7.20. The van der Waals surface area contributed by atoms with Crippen LogP contribution in [-0.2, 0) is 11.3 Å². The number of quaternary nitrogens is 1. The number of fused-ring (bicyclic) bond motifs is 1. The summed E-state index contributed by atoms with van der Waals surface area (Å²) in [7, 11) is 1.34. The molecule has 1 saturated heterocycles. The van der Waals surface area contributed by atoms with Crippen LogP contribution in [0.4, 0.5) is 5.82 Å². The van der Waals surface area contributed by atoms with Gasteiger partial charge >= 0.3 is 5.97 Å². The minimum Gasteiger partial charge on any atom is -0.465 e. The Morgan fingerprint density at radius 3 is 2.86 bits per heavy atom. The molecule has 0 saturated carbocycles. The minimum absolute atomic E-state index is 0.194. The summed E-state index contributed by atoms with van der Waals surface area (Å²) >= 11 is 1.22. The van der Waals surface area contributed by atoms with Crippen LogP contribution in [0, 0.1) is 6.92 Å². The zero-order valence-electron chi connectivity index (χ0n) is 15.9. The molecular weight excluding hydrogens is 378 g/mol. The zero-order chi connectivity index (χ0) is 19.7. The number of rotatable bonds is 4. The molecule has 8 nitrogen and oxygen atoms in total. The minimum atomic E-state index is -0.430. The molecule has 0 spiro atoms. The van der Waals surface area contributed by atoms with Gasteiger partial charge in [-0.25, -0.2) is 14.8 Å². The van der Waals surface area contributed by atoms with Gasteiger partial charge in [-0.05, 0) is 18.6 Å². The average Bonchev–Trinajstić information content (AvgIpc) is 3.05. The fourth-order valence-electron chi connectivity index (χ4n) is 3.62. The first-order valence-electron chi connectivity index (χ1n) is 9.22. The van der Waals surface area contributed by atoms with Crippen molar-refractivity contribution in [2.24, 2.45) is 0 Å². The predicted octanol–water partition coefficient (Wildman–Crippen LogP) is -0.201. The standard InChI is InChI=1S/C19H21N5O3S/c1-12-15-17(25)21-13(22-18(15)28-16(12)19(26)27-2)11-23-7-9-24(10-8-23)14-5-3-4-6-20-14/h3-6H,7-11H2,1-2H3,(H,21,22,25)/p+2. The Bertz CT molecular complexity index is 1050. The monoisotopic (exact) mass is 401 g/mol. The van der Waals surface area contributed by atoms with Gasteiger partial charge < -0.3 is 14.6 Å². The normalized spacial score (nSPS) is 15.1. The van der Waals surface area contributed by atoms with Crippen LogP contribution in [0.15, 0.2) is 29.2 Å². The summed E-state index contributed by atoms with van der Waals surface area (Å²) < 4.78 is 4.80. The average molecular weight is 401 g/mol. The van der Waals surface area contributed by atoms with E-state index in [4.69, 9.17) is 4.74 Å². The molecule has 3 aromatic heterocycles. The largest absolute Gasteiger partial charge is 0.465 e. The first kappa shape index (κ1) is 18.6. The van der Waals surface area contributed by atoms with Crippen LogP contribution >= 0.6 is 11.3 Å². The molecule has 0 unspecified atom stereocenters. The van der Waals surface area contributed by atoms with Crippen molar-refractivity contribution in [2.75, 3.05) is 38.2 Å². The lowest BCUT2D eigenvalue weighted by Gasteiger charge is -2.27. The number of nitrogens with one attached hydrogen (secondary N) is 3. The van der Waals surface area contributed by atoms with Crippen molar-refractivity contribution in [1.82, 2.24) is 9.97 Å². The van der Waals surface area contributed by atoms with E-state index in [2.05, 4.69) is 25.9 Å². The molecule has 1 aliphatic heterocycles. The molecule has 0 radical (unpaired) electrons. The second-order valence-corrected chi connectivity index (χ2v) is 7.90. The maximum Gasteiger partial charge on any atom is 0.348 e. The fraction of sp³-hybridized carbons (Fsp3) is 0.368. The number of thiophene rings is 1. The third-order valence-electron chi connectivity index (χ3n) is 5.14. The summed E-state index contributed by atoms with van der Waals surface area (Å²) in [5, 5.41) is 0.480. The highest BCUT2D eigenvalue weighted by atomic mass is 32.1. The van der Waals surface area contributed by atoms with Crippen LogP contribution in [0.2, 0.25) is 0 Å². The van der Waals surface area contributed by atoms with E-state index in [0.717, 1.165) is 32.0 Å². The summed E-state index contributed by atoms with van der Waals surface area (Å²) in [4.78, 5) is 40.0. The molecule has 28 heavy (non-hydrogen) atoms. The number of aromatic amines is 2. The number of piperazine rings is 1. The Morgan fingerprint density at radius 2 is 2.18 bits per heavy atom. The summed E-state index contributed by atoms with van der Waals surface area (Å²) in [6.07, 6.45) is 1.93. The second kappa shape index (κ2) is 7.69. The van der Waals surface area contributed by atoms with Gasteiger partial charge in [-0.15, -0.1) is 11.3 Å². The van der Waals surface area contributed by atoms with Crippen molar-refractivity contribution >= 4 is 33.3 Å². The molecule has 1 aliphatic rings. The molecule has 3 N–H and O–H groups in total. The molecule has 146 valence electrons. The van der Waals surface area contributed by atoms with Gasteiger partial charge in [0.2, 0.25) is 0 Å². The van der Waals surface area contributed by atoms with E-state index in [1.54, 1.807) is 6.92 Å². The highest BCUT2D eigenvalue weighted by Gasteiger charge is 2.27. The highest BCUT2D eigenvalue weighted by Crippen LogP contribution is 2.27. The molecule has 0 bridgehead atoms. The van der Waals surface area contributed by atoms with E-state index in [-0.39, 0.29) is 5.56 Å². The van der Waals surface area contributed by atoms with Gasteiger partial charge in [-0.1, -0.05) is 6.07 Å². The number of aryl methyl sites for hydroxylation is 1. The van der Waals surface area contributed by atoms with E-state index >= 15 is 0 Å². The van der Waals surface area contributed by atoms with Gasteiger partial charge in [0, 0.05) is 6.07 Å². The van der Waals surface area contributed by atoms with Gasteiger partial charge in [-0.2, -0.15) is 0 Å². The van der Waals surface area contributed by atoms with Crippen LogP contribution in [-0.4, -0.2) is 49.2 Å². The van der Waals surface area contributed by atoms with Gasteiger partial charge in [0.15, 0.2) is 5.82 Å². The molecular formula is C19H23N5O3S+2. The molecule has 1 fully saturated rings. The topological polar surface area (TPSA) is 93.9 Å². The Morgan fingerprint density at radius 1 is 1.39 bits per heavy atom. The van der Waals surface area contributed by atoms with E-state index in [1.165, 1.54) is 23.3 Å². The number of pyridine rings is 1. The number of carbonyl (C=O) groups is 1. The fourth-order valence-corrected chi connectivity index (χ4v) is 4.74. The van der Waals surface area contributed by atoms with Crippen molar-refractivity contribution in [3.05, 3.63) is 51.0 Å². The van der Waals surface area contributed by atoms with E-state index in [9.17, 15) is 9.59 Å². The van der Waals surface area contributed by atoms with E-state index in [0.29, 0.717) is 33.0 Å². The maximum absolute atomic E-state index is 12.6. The van der Waals surface area contributed by atoms with Crippen LogP contribution in [0.1, 0.15) is 21.1 Å². The Balaban J connectivity index is 1.50. The van der Waals surface area contributed by atoms with Crippen molar-refractivity contribution in [3.8, 4) is 0 Å². The molecule has 4 heterocycles. The number of nitrogens with zero attached hydrogens (tertiary/aromatic N) is 2. The predicted molar refractivity (Wildman–Crippen MR) is 106 cm³/mol. The summed E-state index contributed by atoms with van der Waals surface area (Å²) in [5.41, 5.74) is 0.438. The summed E-state index contributed by atoms with van der Waals surface area (Å²) in [6.45, 7) is 6.21.